The van der Waals surface area contributed by atoms with Crippen molar-refractivity contribution in [2.75, 3.05) is 4.90 Å². The molecule has 0 radical (unpaired) electrons. The molecule has 0 aliphatic heterocycles. The molecule has 4 nitrogen and oxygen atoms in total. The van der Waals surface area contributed by atoms with Gasteiger partial charge in [-0.1, -0.05) is 18.2 Å². The van der Waals surface area contributed by atoms with Gasteiger partial charge in [-0.05, 0) is 23.5 Å². The molecule has 5 rings (SSSR count). The van der Waals surface area contributed by atoms with E-state index in [9.17, 15) is 0 Å². The predicted molar refractivity (Wildman–Crippen MR) is 117 cm³/mol. The number of benzene rings is 3. The Labute approximate surface area is 193 Å². The molecule has 30 heavy (non-hydrogen) atoms. The number of anilines is 3. The summed E-state index contributed by atoms with van der Waals surface area (Å²) in [6, 6.07) is 29.5. The Morgan fingerprint density at radius 2 is 1.50 bits per heavy atom. The predicted octanol–water partition coefficient (Wildman–Crippen LogP) is 6.27. The van der Waals surface area contributed by atoms with Crippen molar-refractivity contribution in [2.24, 2.45) is 0 Å². The van der Waals surface area contributed by atoms with Crippen LogP contribution < -0.4 is 4.90 Å². The molecule has 0 unspecified atom stereocenters. The maximum atomic E-state index is 4.43. The molecule has 148 valence electrons. The van der Waals surface area contributed by atoms with Gasteiger partial charge < -0.3 is 9.88 Å². The molecule has 0 fully saturated rings. The van der Waals surface area contributed by atoms with E-state index >= 15 is 0 Å². The average Bonchev–Trinajstić information content (AvgIpc) is 3.50. The Hall–Kier alpha value is -3.01. The number of aromatic amines is 1. The molecule has 5 aromatic rings. The second-order valence-corrected chi connectivity index (χ2v) is 7.24. The van der Waals surface area contributed by atoms with Crippen LogP contribution in [0.3, 0.4) is 0 Å². The van der Waals surface area contributed by atoms with E-state index in [4.69, 9.17) is 0 Å². The maximum absolute atomic E-state index is 4.43. The van der Waals surface area contributed by atoms with Gasteiger partial charge in [-0.2, -0.15) is 11.3 Å². The van der Waals surface area contributed by atoms with E-state index in [1.54, 1.807) is 17.5 Å². The zero-order valence-corrected chi connectivity index (χ0v) is 18.8. The van der Waals surface area contributed by atoms with Crippen molar-refractivity contribution >= 4 is 28.4 Å². The second-order valence-electron chi connectivity index (χ2n) is 6.35. The fourth-order valence-electron chi connectivity index (χ4n) is 3.19. The van der Waals surface area contributed by atoms with Gasteiger partial charge >= 0.3 is 21.1 Å². The molecule has 2 heterocycles. The van der Waals surface area contributed by atoms with Crippen LogP contribution in [0, 0.1) is 12.1 Å². The molecular weight excluding hydrogens is 571 g/mol. The molecule has 0 bridgehead atoms. The van der Waals surface area contributed by atoms with Gasteiger partial charge in [0.1, 0.15) is 0 Å². The van der Waals surface area contributed by atoms with Gasteiger partial charge in [0.05, 0.1) is 5.82 Å². The second kappa shape index (κ2) is 9.20. The van der Waals surface area contributed by atoms with Crippen LogP contribution in [-0.4, -0.2) is 15.0 Å². The Morgan fingerprint density at radius 1 is 0.767 bits per heavy atom. The Kier molecular flexibility index (Phi) is 6.22. The largest absolute Gasteiger partial charge is 2.00 e. The molecule has 6 heteroatoms. The van der Waals surface area contributed by atoms with Crippen LogP contribution in [-0.2, 0) is 21.1 Å². The molecule has 0 amide bonds. The van der Waals surface area contributed by atoms with E-state index in [1.165, 1.54) is 0 Å². The van der Waals surface area contributed by atoms with Crippen LogP contribution in [0.25, 0.3) is 22.0 Å². The van der Waals surface area contributed by atoms with Crippen LogP contribution in [0.4, 0.5) is 17.1 Å². The third-order valence-electron chi connectivity index (χ3n) is 4.47. The first-order chi connectivity index (χ1) is 14.4. The Morgan fingerprint density at radius 3 is 2.17 bits per heavy atom. The van der Waals surface area contributed by atoms with E-state index in [0.717, 1.165) is 39.0 Å². The van der Waals surface area contributed by atoms with Gasteiger partial charge in [0.15, 0.2) is 0 Å². The number of nitrogens with one attached hydrogen (secondary N) is 1. The number of rotatable bonds is 5. The minimum atomic E-state index is 0. The Balaban J connectivity index is 0.00000218. The summed E-state index contributed by atoms with van der Waals surface area (Å²) in [5.41, 5.74) is 4.76. The fraction of sp³-hybridized carbons (Fsp3) is 0. The number of thiazole rings is 1. The summed E-state index contributed by atoms with van der Waals surface area (Å²) in [5, 5.41) is 2.93. The SMILES string of the molecule is [Pt+2].[c-]1c(-c2ncc[nH]2)cccc1N(c1[c-]c(-c2nccs2)ccc1)c1ccccc1. The summed E-state index contributed by atoms with van der Waals surface area (Å²) in [6.45, 7) is 0. The molecule has 3 aromatic carbocycles. The van der Waals surface area contributed by atoms with Crippen molar-refractivity contribution in [1.29, 1.82) is 0 Å². The van der Waals surface area contributed by atoms with Gasteiger partial charge in [-0.25, -0.2) is 0 Å². The number of imidazole rings is 1. The number of hydrogen-bond donors (Lipinski definition) is 1. The van der Waals surface area contributed by atoms with Crippen molar-refractivity contribution in [3.63, 3.8) is 0 Å². The van der Waals surface area contributed by atoms with Crippen molar-refractivity contribution in [1.82, 2.24) is 15.0 Å². The summed E-state index contributed by atoms with van der Waals surface area (Å²) in [7, 11) is 0. The first-order valence-corrected chi connectivity index (χ1v) is 10.1. The summed E-state index contributed by atoms with van der Waals surface area (Å²) in [4.78, 5) is 14.1. The van der Waals surface area contributed by atoms with E-state index in [2.05, 4.69) is 50.2 Å². The van der Waals surface area contributed by atoms with E-state index in [0.29, 0.717) is 0 Å². The smallest absolute Gasteiger partial charge is 0.384 e. The molecule has 2 aromatic heterocycles. The minimum Gasteiger partial charge on any atom is -0.384 e. The Bertz CT molecular complexity index is 1130. The topological polar surface area (TPSA) is 44.8 Å². The quantitative estimate of drug-likeness (QED) is 0.247. The molecule has 0 saturated carbocycles. The van der Waals surface area contributed by atoms with E-state index < -0.39 is 0 Å². The monoisotopic (exact) mass is 587 g/mol. The van der Waals surface area contributed by atoms with Gasteiger partial charge in [0, 0.05) is 34.7 Å². The number of nitrogens with zero attached hydrogens (tertiary/aromatic N) is 3. The van der Waals surface area contributed by atoms with Crippen LogP contribution >= 0.6 is 11.3 Å². The standard InChI is InChI=1S/C24H16N4S.Pt/c1-2-8-20(9-3-1)28(21-10-4-6-18(16-21)23-25-12-13-26-23)22-11-5-7-19(17-22)24-27-14-15-29-24;/h1-15H,(H,25,26);/q-2;+2. The molecular formula is C24H16N4PtS. The summed E-state index contributed by atoms with van der Waals surface area (Å²) < 4.78 is 0. The first kappa shape index (κ1) is 20.3. The van der Waals surface area contributed by atoms with E-state index in [-0.39, 0.29) is 21.1 Å². The summed E-state index contributed by atoms with van der Waals surface area (Å²) in [6.07, 6.45) is 5.38. The van der Waals surface area contributed by atoms with Crippen LogP contribution in [0.5, 0.6) is 0 Å². The molecule has 0 aliphatic carbocycles. The average molecular weight is 588 g/mol. The summed E-state index contributed by atoms with van der Waals surface area (Å²) in [5.74, 6) is 0.792. The zero-order chi connectivity index (χ0) is 19.5. The number of aromatic nitrogens is 3. The first-order valence-electron chi connectivity index (χ1n) is 9.18. The molecule has 0 atom stereocenters. The number of hydrogen-bond acceptors (Lipinski definition) is 4. The third-order valence-corrected chi connectivity index (χ3v) is 5.28. The number of H-pyrrole nitrogens is 1. The fourth-order valence-corrected chi connectivity index (χ4v) is 3.81. The van der Waals surface area contributed by atoms with Gasteiger partial charge in [0.2, 0.25) is 0 Å². The van der Waals surface area contributed by atoms with Crippen LogP contribution in [0.1, 0.15) is 0 Å². The summed E-state index contributed by atoms with van der Waals surface area (Å²) >= 11 is 1.61. The zero-order valence-electron chi connectivity index (χ0n) is 15.7. The van der Waals surface area contributed by atoms with Gasteiger partial charge in [-0.15, -0.1) is 59.7 Å². The van der Waals surface area contributed by atoms with Crippen molar-refractivity contribution in [3.05, 3.63) is 103 Å². The number of para-hydroxylation sites is 1. The van der Waals surface area contributed by atoms with Gasteiger partial charge in [0.25, 0.3) is 0 Å². The van der Waals surface area contributed by atoms with Crippen LogP contribution in [0.15, 0.2) is 90.7 Å². The van der Waals surface area contributed by atoms with E-state index in [1.807, 2.05) is 66.3 Å². The molecule has 0 saturated heterocycles. The van der Waals surface area contributed by atoms with Gasteiger partial charge in [-0.3, -0.25) is 9.97 Å². The molecule has 1 N–H and O–H groups in total. The minimum absolute atomic E-state index is 0. The van der Waals surface area contributed by atoms with Crippen molar-refractivity contribution < 1.29 is 21.1 Å². The third kappa shape index (κ3) is 4.13. The normalized spacial score (nSPS) is 10.4. The molecule has 0 spiro atoms. The van der Waals surface area contributed by atoms with Crippen molar-refractivity contribution in [2.45, 2.75) is 0 Å². The molecule has 0 aliphatic rings. The maximum Gasteiger partial charge on any atom is 2.00 e. The van der Waals surface area contributed by atoms with Crippen molar-refractivity contribution in [3.8, 4) is 22.0 Å². The van der Waals surface area contributed by atoms with Crippen LogP contribution in [0.2, 0.25) is 0 Å².